The molecule has 0 aliphatic rings. The van der Waals surface area contributed by atoms with Gasteiger partial charge in [0, 0.05) is 0 Å². The summed E-state index contributed by atoms with van der Waals surface area (Å²) >= 11 is 0. The van der Waals surface area contributed by atoms with Gasteiger partial charge in [-0.25, -0.2) is 0 Å². The molecule has 2 rings (SSSR count). The molecule has 0 unspecified atom stereocenters. The van der Waals surface area contributed by atoms with Gasteiger partial charge in [-0.05, 0) is 43.0 Å². The van der Waals surface area contributed by atoms with Crippen LogP contribution in [0.3, 0.4) is 0 Å². The fourth-order valence-electron chi connectivity index (χ4n) is 1.99. The van der Waals surface area contributed by atoms with E-state index in [1.807, 2.05) is 0 Å². The molecule has 0 aliphatic carbocycles. The smallest absolute Gasteiger partial charge is 0.0181 e. The molecular weight excluding hydrogens is 228 g/mol. The van der Waals surface area contributed by atoms with Gasteiger partial charge in [0.05, 0.1) is 0 Å². The SMILES string of the molecule is Cc1cccc(-c2ccccc(C)c(C)ccc2)c1. The molecule has 2 aromatic carbocycles. The van der Waals surface area contributed by atoms with E-state index in [2.05, 4.69) is 87.5 Å². The number of hydrogen-bond acceptors (Lipinski definition) is 0. The second-order valence-corrected chi connectivity index (χ2v) is 4.93. The minimum atomic E-state index is 1.23. The Balaban J connectivity index is 2.56. The van der Waals surface area contributed by atoms with Crippen molar-refractivity contribution in [3.8, 4) is 11.1 Å². The van der Waals surface area contributed by atoms with E-state index in [0.29, 0.717) is 0 Å². The van der Waals surface area contributed by atoms with E-state index < -0.39 is 0 Å². The van der Waals surface area contributed by atoms with Crippen molar-refractivity contribution < 1.29 is 0 Å². The molecule has 19 heavy (non-hydrogen) atoms. The van der Waals surface area contributed by atoms with Gasteiger partial charge in [-0.2, -0.15) is 0 Å². The maximum absolute atomic E-state index is 2.22. The summed E-state index contributed by atoms with van der Waals surface area (Å²) in [6.07, 6.45) is 0. The Hall–Kier alpha value is -2.08. The molecule has 0 aromatic heterocycles. The van der Waals surface area contributed by atoms with Crippen LogP contribution in [0.15, 0.2) is 66.7 Å². The Labute approximate surface area is 116 Å². The highest BCUT2D eigenvalue weighted by molar-refractivity contribution is 5.63. The molecule has 2 aromatic rings. The van der Waals surface area contributed by atoms with Gasteiger partial charge in [0.15, 0.2) is 0 Å². The summed E-state index contributed by atoms with van der Waals surface area (Å²) in [5.41, 5.74) is 6.38. The second kappa shape index (κ2) is 6.19. The molecule has 0 bridgehead atoms. The lowest BCUT2D eigenvalue weighted by molar-refractivity contribution is 1.36. The van der Waals surface area contributed by atoms with Crippen molar-refractivity contribution in [1.29, 1.82) is 0 Å². The molecular formula is C19H20. The molecule has 0 spiro atoms. The molecule has 0 N–H and O–H groups in total. The van der Waals surface area contributed by atoms with Crippen molar-refractivity contribution in [2.45, 2.75) is 20.8 Å². The summed E-state index contributed by atoms with van der Waals surface area (Å²) < 4.78 is 0. The van der Waals surface area contributed by atoms with Gasteiger partial charge in [0.25, 0.3) is 0 Å². The first-order chi connectivity index (χ1) is 9.16. The molecule has 0 nitrogen and oxygen atoms in total. The van der Waals surface area contributed by atoms with E-state index in [1.54, 1.807) is 0 Å². The van der Waals surface area contributed by atoms with E-state index >= 15 is 0 Å². The highest BCUT2D eigenvalue weighted by atomic mass is 14.0. The monoisotopic (exact) mass is 248 g/mol. The van der Waals surface area contributed by atoms with Crippen molar-refractivity contribution in [1.82, 2.24) is 0 Å². The minimum Gasteiger partial charge on any atom is -0.0620 e. The van der Waals surface area contributed by atoms with Crippen LogP contribution in [0.1, 0.15) is 16.7 Å². The van der Waals surface area contributed by atoms with Crippen LogP contribution in [-0.4, -0.2) is 0 Å². The van der Waals surface area contributed by atoms with Crippen LogP contribution in [0, 0.1) is 20.8 Å². The second-order valence-electron chi connectivity index (χ2n) is 4.93. The summed E-state index contributed by atoms with van der Waals surface area (Å²) in [5.74, 6) is 0. The molecule has 0 heteroatoms. The van der Waals surface area contributed by atoms with Crippen molar-refractivity contribution in [2.75, 3.05) is 0 Å². The Morgan fingerprint density at radius 2 is 1.05 bits per heavy atom. The van der Waals surface area contributed by atoms with Crippen molar-refractivity contribution in [3.63, 3.8) is 0 Å². The molecule has 0 heterocycles. The molecule has 0 radical (unpaired) electrons. The lowest BCUT2D eigenvalue weighted by Crippen LogP contribution is -1.78. The van der Waals surface area contributed by atoms with Gasteiger partial charge in [0.2, 0.25) is 0 Å². The fourth-order valence-corrected chi connectivity index (χ4v) is 1.99. The Kier molecular flexibility index (Phi) is 4.35. The minimum absolute atomic E-state index is 1.23. The fraction of sp³-hybridized carbons (Fsp3) is 0.158. The number of rotatable bonds is 1. The predicted octanol–water partition coefficient (Wildman–Crippen LogP) is 5.40. The third-order valence-electron chi connectivity index (χ3n) is 3.33. The van der Waals surface area contributed by atoms with E-state index in [0.717, 1.165) is 0 Å². The Bertz CT molecular complexity index is 623. The van der Waals surface area contributed by atoms with Gasteiger partial charge in [-0.3, -0.25) is 0 Å². The van der Waals surface area contributed by atoms with Gasteiger partial charge < -0.3 is 0 Å². The first-order valence-corrected chi connectivity index (χ1v) is 6.64. The lowest BCUT2D eigenvalue weighted by Gasteiger charge is -2.01. The van der Waals surface area contributed by atoms with Crippen LogP contribution >= 0.6 is 0 Å². The number of benzene rings is 1. The summed E-state index contributed by atoms with van der Waals surface area (Å²) in [6, 6.07) is 23.6. The molecule has 0 aliphatic heterocycles. The molecule has 0 saturated heterocycles. The quantitative estimate of drug-likeness (QED) is 0.633. The third-order valence-corrected chi connectivity index (χ3v) is 3.33. The maximum atomic E-state index is 2.22. The summed E-state index contributed by atoms with van der Waals surface area (Å²) in [7, 11) is 0. The van der Waals surface area contributed by atoms with Crippen molar-refractivity contribution in [2.24, 2.45) is 0 Å². The zero-order valence-electron chi connectivity index (χ0n) is 11.9. The average Bonchev–Trinajstić information content (AvgIpc) is 2.40. The highest BCUT2D eigenvalue weighted by Gasteiger charge is 1.94. The highest BCUT2D eigenvalue weighted by Crippen LogP contribution is 2.18. The van der Waals surface area contributed by atoms with E-state index in [9.17, 15) is 0 Å². The van der Waals surface area contributed by atoms with Crippen molar-refractivity contribution in [3.05, 3.63) is 83.4 Å². The summed E-state index contributed by atoms with van der Waals surface area (Å²) in [5, 5.41) is 0. The maximum Gasteiger partial charge on any atom is -0.0181 e. The zero-order chi connectivity index (χ0) is 13.7. The van der Waals surface area contributed by atoms with Crippen LogP contribution in [0.25, 0.3) is 11.1 Å². The van der Waals surface area contributed by atoms with E-state index in [1.165, 1.54) is 27.8 Å². The van der Waals surface area contributed by atoms with E-state index in [-0.39, 0.29) is 0 Å². The molecule has 0 amide bonds. The molecule has 96 valence electrons. The van der Waals surface area contributed by atoms with Crippen molar-refractivity contribution >= 4 is 0 Å². The molecule has 0 atom stereocenters. The topological polar surface area (TPSA) is 0 Å². The van der Waals surface area contributed by atoms with Gasteiger partial charge in [-0.1, -0.05) is 72.3 Å². The lowest BCUT2D eigenvalue weighted by atomic mass is 10.0. The number of hydrogen-bond donors (Lipinski definition) is 0. The summed E-state index contributed by atoms with van der Waals surface area (Å²) in [6.45, 7) is 6.40. The van der Waals surface area contributed by atoms with Crippen LogP contribution < -0.4 is 0 Å². The first kappa shape index (κ1) is 13.4. The van der Waals surface area contributed by atoms with Crippen LogP contribution in [0.4, 0.5) is 0 Å². The van der Waals surface area contributed by atoms with Crippen LogP contribution in [0.5, 0.6) is 0 Å². The van der Waals surface area contributed by atoms with Gasteiger partial charge in [0.1, 0.15) is 0 Å². The zero-order valence-corrected chi connectivity index (χ0v) is 11.9. The van der Waals surface area contributed by atoms with Gasteiger partial charge >= 0.3 is 0 Å². The van der Waals surface area contributed by atoms with E-state index in [4.69, 9.17) is 0 Å². The normalized spacial score (nSPS) is 9.84. The average molecular weight is 248 g/mol. The first-order valence-electron chi connectivity index (χ1n) is 6.64. The summed E-state index contributed by atoms with van der Waals surface area (Å²) in [4.78, 5) is 0. The largest absolute Gasteiger partial charge is 0.0620 e. The molecule has 0 fully saturated rings. The van der Waals surface area contributed by atoms with Gasteiger partial charge in [-0.15, -0.1) is 0 Å². The van der Waals surface area contributed by atoms with Crippen LogP contribution in [-0.2, 0) is 0 Å². The Morgan fingerprint density at radius 1 is 0.526 bits per heavy atom. The molecule has 0 saturated carbocycles. The predicted molar refractivity (Wildman–Crippen MR) is 83.7 cm³/mol. The standard InChI is InChI=1S/C19H20/c1-15-8-6-13-19(14-15)18-11-5-4-9-16(2)17(3)10-7-12-18/h4-14H,1-3H3. The third kappa shape index (κ3) is 3.69. The number of aryl methyl sites for hydroxylation is 3. The van der Waals surface area contributed by atoms with Crippen LogP contribution in [0.2, 0.25) is 0 Å². The Morgan fingerprint density at radius 3 is 1.79 bits per heavy atom.